The third-order valence-corrected chi connectivity index (χ3v) is 2.63. The van der Waals surface area contributed by atoms with Gasteiger partial charge in [-0.1, -0.05) is 31.0 Å². The molecule has 1 fully saturated rings. The SMILES string of the molecule is [c]1ccccc1OCC1CCCC1. The summed E-state index contributed by atoms with van der Waals surface area (Å²) in [6.45, 7) is 0.876. The second kappa shape index (κ2) is 4.31. The van der Waals surface area contributed by atoms with Crippen LogP contribution < -0.4 is 4.74 Å². The first-order valence-corrected chi connectivity index (χ1v) is 5.04. The zero-order valence-electron chi connectivity index (χ0n) is 7.83. The normalized spacial score (nSPS) is 17.5. The van der Waals surface area contributed by atoms with Gasteiger partial charge in [0.2, 0.25) is 0 Å². The molecule has 0 aliphatic heterocycles. The summed E-state index contributed by atoms with van der Waals surface area (Å²) >= 11 is 0. The highest BCUT2D eigenvalue weighted by Crippen LogP contribution is 2.25. The molecule has 0 bridgehead atoms. The minimum atomic E-state index is 0.786. The Balaban J connectivity index is 1.79. The predicted octanol–water partition coefficient (Wildman–Crippen LogP) is 3.06. The van der Waals surface area contributed by atoms with Crippen LogP contribution in [-0.2, 0) is 0 Å². The summed E-state index contributed by atoms with van der Waals surface area (Å²) in [6, 6.07) is 10.9. The Kier molecular flexibility index (Phi) is 2.86. The molecule has 0 atom stereocenters. The fourth-order valence-corrected chi connectivity index (χ4v) is 1.85. The van der Waals surface area contributed by atoms with Gasteiger partial charge in [0, 0.05) is 6.07 Å². The number of hydrogen-bond acceptors (Lipinski definition) is 1. The lowest BCUT2D eigenvalue weighted by molar-refractivity contribution is 0.251. The van der Waals surface area contributed by atoms with Gasteiger partial charge in [-0.3, -0.25) is 0 Å². The van der Waals surface area contributed by atoms with E-state index in [1.54, 1.807) is 0 Å². The van der Waals surface area contributed by atoms with E-state index in [0.717, 1.165) is 18.3 Å². The van der Waals surface area contributed by atoms with Crippen LogP contribution in [0.4, 0.5) is 0 Å². The van der Waals surface area contributed by atoms with E-state index in [4.69, 9.17) is 4.74 Å². The molecule has 2 rings (SSSR count). The van der Waals surface area contributed by atoms with Crippen LogP contribution in [0.25, 0.3) is 0 Å². The van der Waals surface area contributed by atoms with Gasteiger partial charge in [-0.2, -0.15) is 0 Å². The number of benzene rings is 1. The molecule has 0 unspecified atom stereocenters. The lowest BCUT2D eigenvalue weighted by atomic mass is 10.1. The van der Waals surface area contributed by atoms with Gasteiger partial charge in [0.15, 0.2) is 0 Å². The van der Waals surface area contributed by atoms with Crippen molar-refractivity contribution in [3.63, 3.8) is 0 Å². The van der Waals surface area contributed by atoms with Crippen molar-refractivity contribution in [2.75, 3.05) is 6.61 Å². The van der Waals surface area contributed by atoms with Crippen molar-refractivity contribution >= 4 is 0 Å². The quantitative estimate of drug-likeness (QED) is 0.686. The van der Waals surface area contributed by atoms with E-state index in [9.17, 15) is 0 Å². The highest BCUT2D eigenvalue weighted by atomic mass is 16.5. The average molecular weight is 175 g/mol. The van der Waals surface area contributed by atoms with Crippen LogP contribution in [0.15, 0.2) is 24.3 Å². The van der Waals surface area contributed by atoms with Gasteiger partial charge in [-0.25, -0.2) is 0 Å². The Labute approximate surface area is 79.7 Å². The van der Waals surface area contributed by atoms with Crippen LogP contribution in [0.2, 0.25) is 0 Å². The van der Waals surface area contributed by atoms with Gasteiger partial charge in [-0.05, 0) is 24.8 Å². The second-order valence-electron chi connectivity index (χ2n) is 3.69. The molecule has 0 saturated heterocycles. The van der Waals surface area contributed by atoms with Gasteiger partial charge >= 0.3 is 0 Å². The fourth-order valence-electron chi connectivity index (χ4n) is 1.85. The molecule has 69 valence electrons. The molecular formula is C12H15O. The van der Waals surface area contributed by atoms with E-state index < -0.39 is 0 Å². The average Bonchev–Trinajstić information content (AvgIpc) is 2.69. The molecule has 0 aromatic heterocycles. The van der Waals surface area contributed by atoms with Gasteiger partial charge in [0.25, 0.3) is 0 Å². The van der Waals surface area contributed by atoms with Crippen molar-refractivity contribution in [2.24, 2.45) is 5.92 Å². The van der Waals surface area contributed by atoms with Gasteiger partial charge in [-0.15, -0.1) is 0 Å². The maximum absolute atomic E-state index is 5.63. The van der Waals surface area contributed by atoms with Crippen molar-refractivity contribution in [2.45, 2.75) is 25.7 Å². The van der Waals surface area contributed by atoms with Gasteiger partial charge in [0.1, 0.15) is 5.75 Å². The molecule has 1 heteroatoms. The van der Waals surface area contributed by atoms with Crippen molar-refractivity contribution in [1.29, 1.82) is 0 Å². The maximum Gasteiger partial charge on any atom is 0.127 e. The highest BCUT2D eigenvalue weighted by molar-refractivity contribution is 5.19. The van der Waals surface area contributed by atoms with E-state index in [0.29, 0.717) is 0 Å². The minimum Gasteiger partial charge on any atom is -0.493 e. The van der Waals surface area contributed by atoms with Crippen LogP contribution in [0.3, 0.4) is 0 Å². The first-order valence-electron chi connectivity index (χ1n) is 5.04. The van der Waals surface area contributed by atoms with E-state index in [1.165, 1.54) is 25.7 Å². The van der Waals surface area contributed by atoms with Crippen LogP contribution in [0.1, 0.15) is 25.7 Å². The molecule has 13 heavy (non-hydrogen) atoms. The summed E-state index contributed by atoms with van der Waals surface area (Å²) in [5, 5.41) is 0. The van der Waals surface area contributed by atoms with Crippen LogP contribution in [0, 0.1) is 12.0 Å². The van der Waals surface area contributed by atoms with Crippen molar-refractivity contribution in [3.05, 3.63) is 30.3 Å². The van der Waals surface area contributed by atoms with E-state index in [2.05, 4.69) is 6.07 Å². The number of rotatable bonds is 3. The van der Waals surface area contributed by atoms with E-state index in [1.807, 2.05) is 24.3 Å². The monoisotopic (exact) mass is 175 g/mol. The Bertz CT molecular complexity index is 237. The summed E-state index contributed by atoms with van der Waals surface area (Å²) in [4.78, 5) is 0. The van der Waals surface area contributed by atoms with E-state index >= 15 is 0 Å². The summed E-state index contributed by atoms with van der Waals surface area (Å²) < 4.78 is 5.63. The van der Waals surface area contributed by atoms with Crippen LogP contribution in [0.5, 0.6) is 5.75 Å². The molecule has 1 aromatic rings. The van der Waals surface area contributed by atoms with E-state index in [-0.39, 0.29) is 0 Å². The number of hydrogen-bond donors (Lipinski definition) is 0. The Morgan fingerprint density at radius 1 is 1.31 bits per heavy atom. The van der Waals surface area contributed by atoms with Crippen molar-refractivity contribution in [1.82, 2.24) is 0 Å². The first-order chi connectivity index (χ1) is 6.45. The summed E-state index contributed by atoms with van der Waals surface area (Å²) in [5.41, 5.74) is 0. The second-order valence-corrected chi connectivity index (χ2v) is 3.69. The topological polar surface area (TPSA) is 9.23 Å². The number of para-hydroxylation sites is 1. The molecule has 1 saturated carbocycles. The zero-order valence-corrected chi connectivity index (χ0v) is 7.83. The van der Waals surface area contributed by atoms with Crippen molar-refractivity contribution in [3.8, 4) is 5.75 Å². The predicted molar refractivity (Wildman–Crippen MR) is 52.7 cm³/mol. The lowest BCUT2D eigenvalue weighted by Gasteiger charge is -2.10. The highest BCUT2D eigenvalue weighted by Gasteiger charge is 2.15. The van der Waals surface area contributed by atoms with Gasteiger partial charge in [0.05, 0.1) is 6.61 Å². The molecule has 0 amide bonds. The molecule has 0 spiro atoms. The minimum absolute atomic E-state index is 0.786. The molecule has 1 radical (unpaired) electrons. The molecule has 1 aromatic carbocycles. The maximum atomic E-state index is 5.63. The smallest absolute Gasteiger partial charge is 0.127 e. The Morgan fingerprint density at radius 2 is 2.15 bits per heavy atom. The largest absolute Gasteiger partial charge is 0.493 e. The first kappa shape index (κ1) is 8.61. The Morgan fingerprint density at radius 3 is 2.85 bits per heavy atom. The lowest BCUT2D eigenvalue weighted by Crippen LogP contribution is -2.07. The third-order valence-electron chi connectivity index (χ3n) is 2.63. The molecule has 1 nitrogen and oxygen atoms in total. The molecule has 0 heterocycles. The summed E-state index contributed by atoms with van der Waals surface area (Å²) in [7, 11) is 0. The molecular weight excluding hydrogens is 160 g/mol. The Hall–Kier alpha value is -0.980. The molecule has 0 N–H and O–H groups in total. The standard InChI is InChI=1S/C12H15O/c1-2-8-12(9-3-1)13-10-11-6-4-5-7-11/h1-3,8,11H,4-7,10H2. The zero-order chi connectivity index (χ0) is 8.93. The van der Waals surface area contributed by atoms with Crippen molar-refractivity contribution < 1.29 is 4.74 Å². The number of ether oxygens (including phenoxy) is 1. The summed E-state index contributed by atoms with van der Waals surface area (Å²) in [5.74, 6) is 1.67. The fraction of sp³-hybridized carbons (Fsp3) is 0.500. The van der Waals surface area contributed by atoms with Crippen LogP contribution in [-0.4, -0.2) is 6.61 Å². The third kappa shape index (κ3) is 2.48. The summed E-state index contributed by atoms with van der Waals surface area (Å²) in [6.07, 6.45) is 5.44. The van der Waals surface area contributed by atoms with Gasteiger partial charge < -0.3 is 4.74 Å². The molecule has 1 aliphatic carbocycles. The van der Waals surface area contributed by atoms with Crippen LogP contribution >= 0.6 is 0 Å². The molecule has 1 aliphatic rings.